The van der Waals surface area contributed by atoms with Gasteiger partial charge in [0.1, 0.15) is 18.4 Å². The molecular formula is C24H36N2O6Si. The highest BCUT2D eigenvalue weighted by atomic mass is 28.3. The lowest BCUT2D eigenvalue weighted by molar-refractivity contribution is -0.145. The van der Waals surface area contributed by atoms with Gasteiger partial charge >= 0.3 is 12.1 Å². The molecule has 182 valence electrons. The monoisotopic (exact) mass is 476 g/mol. The molecule has 2 amide bonds. The fourth-order valence-electron chi connectivity index (χ4n) is 4.37. The van der Waals surface area contributed by atoms with Gasteiger partial charge in [-0.3, -0.25) is 14.6 Å². The zero-order valence-corrected chi connectivity index (χ0v) is 21.8. The number of carbonyl (C=O) groups excluding carboxylic acids is 3. The zero-order valence-electron chi connectivity index (χ0n) is 20.8. The van der Waals surface area contributed by atoms with E-state index in [1.54, 1.807) is 25.7 Å². The molecule has 0 radical (unpaired) electrons. The molecule has 1 aromatic carbocycles. The number of esters is 1. The highest BCUT2D eigenvalue weighted by Crippen LogP contribution is 2.49. The van der Waals surface area contributed by atoms with Gasteiger partial charge in [-0.25, -0.2) is 9.59 Å². The molecule has 2 atom stereocenters. The molecule has 33 heavy (non-hydrogen) atoms. The molecule has 0 N–H and O–H groups in total. The van der Waals surface area contributed by atoms with Crippen LogP contribution in [-0.4, -0.2) is 69.6 Å². The number of hydrogen-bond acceptors (Lipinski definition) is 6. The fourth-order valence-corrected chi connectivity index (χ4v) is 5.13. The highest BCUT2D eigenvalue weighted by Gasteiger charge is 2.60. The third kappa shape index (κ3) is 5.24. The molecule has 3 rings (SSSR count). The second-order valence-electron chi connectivity index (χ2n) is 11.0. The summed E-state index contributed by atoms with van der Waals surface area (Å²) in [7, 11) is 0.0213. The van der Waals surface area contributed by atoms with E-state index in [1.807, 2.05) is 24.3 Å². The molecule has 2 aliphatic heterocycles. The summed E-state index contributed by atoms with van der Waals surface area (Å²) < 4.78 is 16.4. The maximum atomic E-state index is 13.8. The van der Waals surface area contributed by atoms with Crippen molar-refractivity contribution < 1.29 is 28.6 Å². The maximum Gasteiger partial charge on any atom is 0.411 e. The normalized spacial score (nSPS) is 22.6. The first-order valence-electron chi connectivity index (χ1n) is 11.4. The molecule has 0 unspecified atom stereocenters. The molecular weight excluding hydrogens is 440 g/mol. The van der Waals surface area contributed by atoms with E-state index in [1.165, 1.54) is 12.0 Å². The maximum absolute atomic E-state index is 13.8. The number of fused-ring (bicyclic) bond motifs is 2. The Hall–Kier alpha value is -2.39. The zero-order chi connectivity index (χ0) is 24.6. The van der Waals surface area contributed by atoms with E-state index in [4.69, 9.17) is 14.2 Å². The number of methoxy groups -OCH3 is 1. The van der Waals surface area contributed by atoms with Crippen molar-refractivity contribution >= 4 is 31.7 Å². The smallest absolute Gasteiger partial charge is 0.411 e. The Kier molecular flexibility index (Phi) is 6.96. The van der Waals surface area contributed by atoms with Crippen molar-refractivity contribution in [2.24, 2.45) is 0 Å². The molecule has 0 saturated carbocycles. The molecule has 1 saturated heterocycles. The molecule has 1 spiro atoms. The van der Waals surface area contributed by atoms with Crippen LogP contribution < -0.4 is 4.90 Å². The minimum Gasteiger partial charge on any atom is -0.467 e. The second kappa shape index (κ2) is 9.10. The van der Waals surface area contributed by atoms with Crippen LogP contribution in [-0.2, 0) is 29.2 Å². The van der Waals surface area contributed by atoms with E-state index in [0.717, 1.165) is 17.3 Å². The Morgan fingerprint density at radius 2 is 1.85 bits per heavy atom. The van der Waals surface area contributed by atoms with Crippen LogP contribution in [0.2, 0.25) is 25.7 Å². The summed E-state index contributed by atoms with van der Waals surface area (Å²) in [5.41, 5.74) is -0.232. The van der Waals surface area contributed by atoms with Crippen molar-refractivity contribution in [3.8, 4) is 0 Å². The summed E-state index contributed by atoms with van der Waals surface area (Å²) in [4.78, 5) is 42.4. The van der Waals surface area contributed by atoms with Gasteiger partial charge in [-0.2, -0.15) is 0 Å². The lowest BCUT2D eigenvalue weighted by Gasteiger charge is -2.28. The van der Waals surface area contributed by atoms with Crippen LogP contribution in [0.1, 0.15) is 32.8 Å². The molecule has 8 nitrogen and oxygen atoms in total. The minimum atomic E-state index is -1.26. The van der Waals surface area contributed by atoms with Crippen molar-refractivity contribution in [3.63, 3.8) is 0 Å². The fraction of sp³-hybridized carbons (Fsp3) is 0.625. The Bertz CT molecular complexity index is 922. The van der Waals surface area contributed by atoms with E-state index in [-0.39, 0.29) is 25.6 Å². The number of anilines is 1. The number of para-hydroxylation sites is 1. The van der Waals surface area contributed by atoms with Gasteiger partial charge in [-0.15, -0.1) is 0 Å². The van der Waals surface area contributed by atoms with E-state index in [0.29, 0.717) is 6.61 Å². The first-order chi connectivity index (χ1) is 15.3. The van der Waals surface area contributed by atoms with Crippen LogP contribution in [0.5, 0.6) is 0 Å². The van der Waals surface area contributed by atoms with Gasteiger partial charge in [0.2, 0.25) is 5.91 Å². The van der Waals surface area contributed by atoms with Crippen LogP contribution in [0, 0.1) is 0 Å². The molecule has 2 aliphatic rings. The SMILES string of the molecule is COC(=O)[C@H]1C[C@]2(CN1C(=O)OC(C)(C)C)C(=O)N(COCC[Si](C)(C)C)c1ccccc12. The summed E-state index contributed by atoms with van der Waals surface area (Å²) >= 11 is 0. The average molecular weight is 477 g/mol. The summed E-state index contributed by atoms with van der Waals surface area (Å²) in [5.74, 6) is -0.732. The topological polar surface area (TPSA) is 85.4 Å². The molecule has 1 fully saturated rings. The molecule has 0 aromatic heterocycles. The predicted molar refractivity (Wildman–Crippen MR) is 128 cm³/mol. The molecule has 9 heteroatoms. The minimum absolute atomic E-state index is 0.0446. The highest BCUT2D eigenvalue weighted by molar-refractivity contribution is 6.76. The van der Waals surface area contributed by atoms with Crippen molar-refractivity contribution in [1.29, 1.82) is 0 Å². The van der Waals surface area contributed by atoms with Gasteiger partial charge in [-0.05, 0) is 44.9 Å². The lowest BCUT2D eigenvalue weighted by Crippen LogP contribution is -2.46. The Balaban J connectivity index is 1.90. The van der Waals surface area contributed by atoms with Gasteiger partial charge in [-0.1, -0.05) is 37.8 Å². The summed E-state index contributed by atoms with van der Waals surface area (Å²) in [5, 5.41) is 0. The number of rotatable bonds is 6. The number of carbonyl (C=O) groups is 3. The van der Waals surface area contributed by atoms with Gasteiger partial charge in [0.05, 0.1) is 18.2 Å². The molecule has 1 aromatic rings. The summed E-state index contributed by atoms with van der Waals surface area (Å²) in [6, 6.07) is 7.61. The Morgan fingerprint density at radius 1 is 1.18 bits per heavy atom. The molecule has 2 heterocycles. The standard InChI is InChI=1S/C24H36N2O6Si/c1-23(2,3)32-22(29)25-15-24(14-19(25)20(27)30-4)17-10-8-9-11-18(17)26(21(24)28)16-31-12-13-33(5,6)7/h8-11,19H,12-16H2,1-7H3/t19-,24-/m1/s1. The largest absolute Gasteiger partial charge is 0.467 e. The van der Waals surface area contributed by atoms with Gasteiger partial charge in [0.15, 0.2) is 0 Å². The quantitative estimate of drug-likeness (QED) is 0.353. The Morgan fingerprint density at radius 3 is 2.45 bits per heavy atom. The number of amides is 2. The lowest BCUT2D eigenvalue weighted by atomic mass is 9.79. The van der Waals surface area contributed by atoms with Crippen LogP contribution >= 0.6 is 0 Å². The molecule has 0 bridgehead atoms. The Labute approximate surface area is 197 Å². The number of likely N-dealkylation sites (tertiary alicyclic amines) is 1. The number of benzene rings is 1. The van der Waals surface area contributed by atoms with Gasteiger partial charge < -0.3 is 14.2 Å². The van der Waals surface area contributed by atoms with E-state index < -0.39 is 37.2 Å². The summed E-state index contributed by atoms with van der Waals surface area (Å²) in [6.45, 7) is 12.9. The van der Waals surface area contributed by atoms with Gasteiger partial charge in [0, 0.05) is 21.2 Å². The van der Waals surface area contributed by atoms with E-state index in [2.05, 4.69) is 19.6 Å². The van der Waals surface area contributed by atoms with Crippen LogP contribution in [0.4, 0.5) is 10.5 Å². The van der Waals surface area contributed by atoms with Gasteiger partial charge in [0.25, 0.3) is 0 Å². The second-order valence-corrected chi connectivity index (χ2v) is 16.7. The van der Waals surface area contributed by atoms with Crippen molar-refractivity contribution in [2.45, 2.75) is 69.9 Å². The van der Waals surface area contributed by atoms with Crippen LogP contribution in [0.15, 0.2) is 24.3 Å². The first-order valence-corrected chi connectivity index (χ1v) is 15.1. The van der Waals surface area contributed by atoms with Crippen molar-refractivity contribution in [2.75, 3.05) is 31.9 Å². The van der Waals surface area contributed by atoms with Crippen LogP contribution in [0.3, 0.4) is 0 Å². The van der Waals surface area contributed by atoms with E-state index in [9.17, 15) is 14.4 Å². The first kappa shape index (κ1) is 25.2. The molecule has 0 aliphatic carbocycles. The average Bonchev–Trinajstić information content (AvgIpc) is 3.22. The van der Waals surface area contributed by atoms with Crippen molar-refractivity contribution in [1.82, 2.24) is 4.90 Å². The van der Waals surface area contributed by atoms with Crippen LogP contribution in [0.25, 0.3) is 0 Å². The van der Waals surface area contributed by atoms with E-state index >= 15 is 0 Å². The predicted octanol–water partition coefficient (Wildman–Crippen LogP) is 3.77. The number of ether oxygens (including phenoxy) is 3. The third-order valence-corrected chi connectivity index (χ3v) is 7.75. The summed E-state index contributed by atoms with van der Waals surface area (Å²) in [6.07, 6.45) is -0.495. The number of nitrogens with zero attached hydrogens (tertiary/aromatic N) is 2. The number of hydrogen-bond donors (Lipinski definition) is 0. The van der Waals surface area contributed by atoms with Crippen molar-refractivity contribution in [3.05, 3.63) is 29.8 Å². The third-order valence-electron chi connectivity index (χ3n) is 6.04.